The predicted octanol–water partition coefficient (Wildman–Crippen LogP) is 0.977. The summed E-state index contributed by atoms with van der Waals surface area (Å²) in [6.45, 7) is 3.01. The van der Waals surface area contributed by atoms with Crippen LogP contribution in [0.15, 0.2) is 0 Å². The lowest BCUT2D eigenvalue weighted by Gasteiger charge is -2.31. The first kappa shape index (κ1) is 13.5. The molecule has 0 bridgehead atoms. The molecule has 3 rings (SSSR count). The van der Waals surface area contributed by atoms with Gasteiger partial charge < -0.3 is 10.2 Å². The lowest BCUT2D eigenvalue weighted by Crippen LogP contribution is -2.45. The fourth-order valence-corrected chi connectivity index (χ4v) is 3.12. The third-order valence-electron chi connectivity index (χ3n) is 3.85. The maximum atomic E-state index is 12.4. The van der Waals surface area contributed by atoms with Crippen LogP contribution < -0.4 is 5.32 Å². The van der Waals surface area contributed by atoms with Crippen molar-refractivity contribution in [3.63, 3.8) is 0 Å². The Hall–Kier alpha value is -1.50. The molecule has 7 heteroatoms. The number of nitrogens with zero attached hydrogens (tertiary/aromatic N) is 3. The maximum Gasteiger partial charge on any atom is 0.267 e. The smallest absolute Gasteiger partial charge is 0.267 e. The third kappa shape index (κ3) is 2.82. The number of rotatable bonds is 3. The molecule has 0 aromatic carbocycles. The molecule has 0 spiro atoms. The van der Waals surface area contributed by atoms with Crippen molar-refractivity contribution in [1.29, 1.82) is 0 Å². The molecular weight excluding hydrogens is 276 g/mol. The zero-order chi connectivity index (χ0) is 14.1. The largest absolute Gasteiger partial charge is 0.353 e. The average molecular weight is 294 g/mol. The molecule has 2 aliphatic rings. The Labute approximate surface area is 121 Å². The zero-order valence-corrected chi connectivity index (χ0v) is 12.3. The number of hydrogen-bond donors (Lipinski definition) is 1. The molecule has 1 saturated carbocycles. The normalized spacial score (nSPS) is 22.6. The number of carbonyl (C=O) groups is 2. The summed E-state index contributed by atoms with van der Waals surface area (Å²) in [7, 11) is 0. The number of amides is 2. The van der Waals surface area contributed by atoms with Gasteiger partial charge in [-0.15, -0.1) is 5.10 Å². The van der Waals surface area contributed by atoms with E-state index in [0.717, 1.165) is 37.2 Å². The van der Waals surface area contributed by atoms with E-state index in [0.29, 0.717) is 29.7 Å². The van der Waals surface area contributed by atoms with Gasteiger partial charge in [0.2, 0.25) is 5.91 Å². The third-order valence-corrected chi connectivity index (χ3v) is 4.66. The highest BCUT2D eigenvalue weighted by molar-refractivity contribution is 7.07. The van der Waals surface area contributed by atoms with Crippen LogP contribution in [0.25, 0.3) is 0 Å². The summed E-state index contributed by atoms with van der Waals surface area (Å²) in [5.74, 6) is -0.0138. The van der Waals surface area contributed by atoms with Crippen LogP contribution in [0.5, 0.6) is 0 Å². The summed E-state index contributed by atoms with van der Waals surface area (Å²) in [6, 6.07) is 0.376. The van der Waals surface area contributed by atoms with Gasteiger partial charge in [0, 0.05) is 19.1 Å². The van der Waals surface area contributed by atoms with Gasteiger partial charge >= 0.3 is 0 Å². The van der Waals surface area contributed by atoms with E-state index in [4.69, 9.17) is 0 Å². The Balaban J connectivity index is 1.63. The number of aryl methyl sites for hydroxylation is 1. The summed E-state index contributed by atoms with van der Waals surface area (Å²) in [5, 5.41) is 6.91. The first-order chi connectivity index (χ1) is 9.65. The van der Waals surface area contributed by atoms with Crippen LogP contribution >= 0.6 is 11.5 Å². The highest BCUT2D eigenvalue weighted by atomic mass is 32.1. The van der Waals surface area contributed by atoms with E-state index in [9.17, 15) is 9.59 Å². The lowest BCUT2D eigenvalue weighted by atomic mass is 9.97. The number of carbonyl (C=O) groups excluding carboxylic acids is 2. The standard InChI is InChI=1S/C13H18N4O2S/c1-8-11(20-16-15-8)13(19)17-6-2-3-9(7-17)12(18)14-10-4-5-10/h9-10H,2-7H2,1H3,(H,14,18). The molecule has 2 fully saturated rings. The van der Waals surface area contributed by atoms with Crippen molar-refractivity contribution in [2.24, 2.45) is 5.92 Å². The first-order valence-electron chi connectivity index (χ1n) is 7.03. The number of nitrogens with one attached hydrogen (secondary N) is 1. The van der Waals surface area contributed by atoms with Crippen molar-refractivity contribution >= 4 is 23.3 Å². The molecule has 20 heavy (non-hydrogen) atoms. The van der Waals surface area contributed by atoms with Gasteiger partial charge in [-0.05, 0) is 44.1 Å². The molecule has 1 aliphatic carbocycles. The minimum atomic E-state index is -0.0745. The van der Waals surface area contributed by atoms with Crippen molar-refractivity contribution < 1.29 is 9.59 Å². The molecule has 1 atom stereocenters. The summed E-state index contributed by atoms with van der Waals surface area (Å²) in [5.41, 5.74) is 0.671. The Morgan fingerprint density at radius 1 is 1.35 bits per heavy atom. The van der Waals surface area contributed by atoms with Gasteiger partial charge in [-0.2, -0.15) is 0 Å². The molecular formula is C13H18N4O2S. The number of aromatic nitrogens is 2. The van der Waals surface area contributed by atoms with E-state index in [-0.39, 0.29) is 17.7 Å². The number of piperidine rings is 1. The minimum absolute atomic E-state index is 0.0404. The molecule has 1 N–H and O–H groups in total. The highest BCUT2D eigenvalue weighted by Gasteiger charge is 2.32. The average Bonchev–Trinajstić information content (AvgIpc) is 3.17. The summed E-state index contributed by atoms with van der Waals surface area (Å²) < 4.78 is 3.80. The lowest BCUT2D eigenvalue weighted by molar-refractivity contribution is -0.126. The number of likely N-dealkylation sites (tertiary alicyclic amines) is 1. The molecule has 1 aromatic rings. The van der Waals surface area contributed by atoms with E-state index in [1.54, 1.807) is 11.8 Å². The zero-order valence-electron chi connectivity index (χ0n) is 11.5. The molecule has 1 aromatic heterocycles. The second-order valence-corrected chi connectivity index (χ2v) is 6.31. The molecule has 1 saturated heterocycles. The van der Waals surface area contributed by atoms with Gasteiger partial charge in [-0.1, -0.05) is 4.49 Å². The van der Waals surface area contributed by atoms with Crippen molar-refractivity contribution in [3.8, 4) is 0 Å². The monoisotopic (exact) mass is 294 g/mol. The van der Waals surface area contributed by atoms with Crippen molar-refractivity contribution in [2.75, 3.05) is 13.1 Å². The SMILES string of the molecule is Cc1nnsc1C(=O)N1CCCC(C(=O)NC2CC2)C1. The molecule has 6 nitrogen and oxygen atoms in total. The van der Waals surface area contributed by atoms with Crippen molar-refractivity contribution in [1.82, 2.24) is 19.8 Å². The van der Waals surface area contributed by atoms with Crippen LogP contribution in [0.4, 0.5) is 0 Å². The fourth-order valence-electron chi connectivity index (χ4n) is 2.49. The van der Waals surface area contributed by atoms with Gasteiger partial charge in [0.25, 0.3) is 5.91 Å². The van der Waals surface area contributed by atoms with Crippen LogP contribution in [-0.4, -0.2) is 45.4 Å². The molecule has 108 valence electrons. The second-order valence-electron chi connectivity index (χ2n) is 5.56. The maximum absolute atomic E-state index is 12.4. The topological polar surface area (TPSA) is 75.2 Å². The second kappa shape index (κ2) is 5.47. The van der Waals surface area contributed by atoms with Gasteiger partial charge in [-0.3, -0.25) is 9.59 Å². The van der Waals surface area contributed by atoms with E-state index < -0.39 is 0 Å². The molecule has 2 amide bonds. The number of hydrogen-bond acceptors (Lipinski definition) is 5. The minimum Gasteiger partial charge on any atom is -0.353 e. The van der Waals surface area contributed by atoms with Crippen LogP contribution in [0.3, 0.4) is 0 Å². The summed E-state index contributed by atoms with van der Waals surface area (Å²) in [6.07, 6.45) is 3.92. The molecule has 1 unspecified atom stereocenters. The van der Waals surface area contributed by atoms with Crippen LogP contribution in [0, 0.1) is 12.8 Å². The van der Waals surface area contributed by atoms with Crippen LogP contribution in [0.1, 0.15) is 41.0 Å². The summed E-state index contributed by atoms with van der Waals surface area (Å²) >= 11 is 1.13. The van der Waals surface area contributed by atoms with Gasteiger partial charge in [0.15, 0.2) is 0 Å². The van der Waals surface area contributed by atoms with E-state index in [2.05, 4.69) is 14.9 Å². The van der Waals surface area contributed by atoms with Crippen LogP contribution in [0.2, 0.25) is 0 Å². The Kier molecular flexibility index (Phi) is 3.69. The van der Waals surface area contributed by atoms with E-state index >= 15 is 0 Å². The quantitative estimate of drug-likeness (QED) is 0.901. The Bertz CT molecular complexity index is 526. The molecule has 0 radical (unpaired) electrons. The predicted molar refractivity (Wildman–Crippen MR) is 74.4 cm³/mol. The van der Waals surface area contributed by atoms with Crippen LogP contribution in [-0.2, 0) is 4.79 Å². The Morgan fingerprint density at radius 3 is 2.80 bits per heavy atom. The summed E-state index contributed by atoms with van der Waals surface area (Å²) in [4.78, 5) is 26.9. The van der Waals surface area contributed by atoms with Crippen molar-refractivity contribution in [2.45, 2.75) is 38.6 Å². The van der Waals surface area contributed by atoms with Crippen molar-refractivity contribution in [3.05, 3.63) is 10.6 Å². The fraction of sp³-hybridized carbons (Fsp3) is 0.692. The molecule has 2 heterocycles. The highest BCUT2D eigenvalue weighted by Crippen LogP contribution is 2.23. The van der Waals surface area contributed by atoms with Gasteiger partial charge in [-0.25, -0.2) is 0 Å². The van der Waals surface area contributed by atoms with Gasteiger partial charge in [0.05, 0.1) is 11.6 Å². The molecule has 1 aliphatic heterocycles. The van der Waals surface area contributed by atoms with E-state index in [1.165, 1.54) is 0 Å². The first-order valence-corrected chi connectivity index (χ1v) is 7.81. The van der Waals surface area contributed by atoms with Gasteiger partial charge in [0.1, 0.15) is 4.88 Å². The van der Waals surface area contributed by atoms with E-state index in [1.807, 2.05) is 0 Å². The Morgan fingerprint density at radius 2 is 2.15 bits per heavy atom.